The van der Waals surface area contributed by atoms with Crippen molar-refractivity contribution < 1.29 is 9.53 Å². The molecule has 0 fully saturated rings. The minimum absolute atomic E-state index is 0.0232. The monoisotopic (exact) mass is 320 g/mol. The predicted molar refractivity (Wildman–Crippen MR) is 93.8 cm³/mol. The Morgan fingerprint density at radius 1 is 1.17 bits per heavy atom. The number of methoxy groups -OCH3 is 1. The highest BCUT2D eigenvalue weighted by Gasteiger charge is 2.38. The lowest BCUT2D eigenvalue weighted by atomic mass is 9.75. The molecule has 0 bridgehead atoms. The summed E-state index contributed by atoms with van der Waals surface area (Å²) in [6.45, 7) is 2.07. The summed E-state index contributed by atoms with van der Waals surface area (Å²) < 4.78 is 5.49. The summed E-state index contributed by atoms with van der Waals surface area (Å²) in [5.74, 6) is 1.08. The molecule has 2 unspecified atom stereocenters. The van der Waals surface area contributed by atoms with Gasteiger partial charge in [-0.25, -0.2) is 4.79 Å². The van der Waals surface area contributed by atoms with E-state index in [0.29, 0.717) is 0 Å². The first-order valence-corrected chi connectivity index (χ1v) is 8.29. The highest BCUT2D eigenvalue weighted by molar-refractivity contribution is 6.11. The van der Waals surface area contributed by atoms with Gasteiger partial charge in [0.05, 0.1) is 18.9 Å². The Morgan fingerprint density at radius 3 is 2.71 bits per heavy atom. The molecule has 0 saturated heterocycles. The maximum absolute atomic E-state index is 12.2. The molecule has 2 amide bonds. The number of benzene rings is 2. The summed E-state index contributed by atoms with van der Waals surface area (Å²) in [5, 5.41) is 3.05. The number of aryl methyl sites for hydroxylation is 1. The van der Waals surface area contributed by atoms with Crippen molar-refractivity contribution >= 4 is 11.7 Å². The van der Waals surface area contributed by atoms with Gasteiger partial charge in [-0.3, -0.25) is 0 Å². The van der Waals surface area contributed by atoms with Gasteiger partial charge in [-0.1, -0.05) is 42.0 Å². The molecule has 0 saturated carbocycles. The van der Waals surface area contributed by atoms with Crippen LogP contribution in [0.25, 0.3) is 0 Å². The minimum Gasteiger partial charge on any atom is -0.496 e. The molecule has 4 nitrogen and oxygen atoms in total. The number of amides is 2. The third kappa shape index (κ3) is 2.39. The number of nitrogens with one attached hydrogen (secondary N) is 1. The van der Waals surface area contributed by atoms with Gasteiger partial charge in [0.2, 0.25) is 0 Å². The third-order valence-electron chi connectivity index (χ3n) is 5.03. The highest BCUT2D eigenvalue weighted by Crippen LogP contribution is 2.39. The zero-order valence-corrected chi connectivity index (χ0v) is 13.9. The van der Waals surface area contributed by atoms with Crippen LogP contribution >= 0.6 is 0 Å². The maximum Gasteiger partial charge on any atom is 0.341 e. The number of aliphatic imine (C=N–C) groups is 1. The SMILES string of the molecule is COc1cccc2c1CCC1C2=NC(=O)NC1c1ccc(C)cc1. The van der Waals surface area contributed by atoms with Crippen LogP contribution in [-0.4, -0.2) is 18.9 Å². The van der Waals surface area contributed by atoms with Crippen molar-refractivity contribution in [1.29, 1.82) is 0 Å². The lowest BCUT2D eigenvalue weighted by Gasteiger charge is -2.36. The normalized spacial score (nSPS) is 22.1. The molecule has 0 spiro atoms. The fourth-order valence-corrected chi connectivity index (χ4v) is 3.82. The van der Waals surface area contributed by atoms with Crippen molar-refractivity contribution in [2.75, 3.05) is 7.11 Å². The van der Waals surface area contributed by atoms with E-state index in [1.54, 1.807) is 7.11 Å². The molecular formula is C20H20N2O2. The van der Waals surface area contributed by atoms with Crippen molar-refractivity contribution in [2.24, 2.45) is 10.9 Å². The molecule has 1 N–H and O–H groups in total. The number of ether oxygens (including phenoxy) is 1. The molecular weight excluding hydrogens is 300 g/mol. The van der Waals surface area contributed by atoms with Gasteiger partial charge in [0.15, 0.2) is 0 Å². The number of urea groups is 1. The highest BCUT2D eigenvalue weighted by atomic mass is 16.5. The first-order chi connectivity index (χ1) is 11.7. The smallest absolute Gasteiger partial charge is 0.341 e. The quantitative estimate of drug-likeness (QED) is 0.914. The summed E-state index contributed by atoms with van der Waals surface area (Å²) in [7, 11) is 1.69. The fourth-order valence-electron chi connectivity index (χ4n) is 3.82. The zero-order valence-electron chi connectivity index (χ0n) is 13.9. The van der Waals surface area contributed by atoms with E-state index in [-0.39, 0.29) is 18.0 Å². The molecule has 24 heavy (non-hydrogen) atoms. The molecule has 0 radical (unpaired) electrons. The Balaban J connectivity index is 1.79. The van der Waals surface area contributed by atoms with Crippen LogP contribution < -0.4 is 10.1 Å². The van der Waals surface area contributed by atoms with Gasteiger partial charge in [-0.15, -0.1) is 0 Å². The molecule has 2 aromatic carbocycles. The maximum atomic E-state index is 12.2. The Morgan fingerprint density at radius 2 is 1.96 bits per heavy atom. The minimum atomic E-state index is -0.262. The predicted octanol–water partition coefficient (Wildman–Crippen LogP) is 3.82. The van der Waals surface area contributed by atoms with E-state index < -0.39 is 0 Å². The number of rotatable bonds is 2. The van der Waals surface area contributed by atoms with Crippen molar-refractivity contribution in [3.8, 4) is 5.75 Å². The van der Waals surface area contributed by atoms with Crippen molar-refractivity contribution in [2.45, 2.75) is 25.8 Å². The van der Waals surface area contributed by atoms with Crippen LogP contribution in [0, 0.1) is 12.8 Å². The summed E-state index contributed by atoms with van der Waals surface area (Å²) in [6, 6.07) is 14.1. The molecule has 4 rings (SSSR count). The van der Waals surface area contributed by atoms with Gasteiger partial charge in [0.1, 0.15) is 5.75 Å². The second-order valence-corrected chi connectivity index (χ2v) is 6.47. The third-order valence-corrected chi connectivity index (χ3v) is 5.03. The molecule has 4 heteroatoms. The molecule has 122 valence electrons. The van der Waals surface area contributed by atoms with Gasteiger partial charge in [-0.2, -0.15) is 4.99 Å². The van der Waals surface area contributed by atoms with Crippen LogP contribution in [0.15, 0.2) is 47.5 Å². The van der Waals surface area contributed by atoms with Crippen molar-refractivity contribution in [3.63, 3.8) is 0 Å². The second-order valence-electron chi connectivity index (χ2n) is 6.47. The molecule has 1 heterocycles. The average Bonchev–Trinajstić information content (AvgIpc) is 2.61. The van der Waals surface area contributed by atoms with Crippen LogP contribution in [0.2, 0.25) is 0 Å². The lowest BCUT2D eigenvalue weighted by molar-refractivity contribution is 0.239. The van der Waals surface area contributed by atoms with Crippen LogP contribution in [0.1, 0.15) is 34.7 Å². The van der Waals surface area contributed by atoms with Crippen molar-refractivity contribution in [3.05, 3.63) is 64.7 Å². The number of hydrogen-bond acceptors (Lipinski definition) is 2. The van der Waals surface area contributed by atoms with Crippen molar-refractivity contribution in [1.82, 2.24) is 5.32 Å². The number of nitrogens with zero attached hydrogens (tertiary/aromatic N) is 1. The molecule has 0 aromatic heterocycles. The summed E-state index contributed by atoms with van der Waals surface area (Å²) in [4.78, 5) is 16.5. The first-order valence-electron chi connectivity index (χ1n) is 8.29. The van der Waals surface area contributed by atoms with Crippen LogP contribution in [0.3, 0.4) is 0 Å². The van der Waals surface area contributed by atoms with E-state index in [0.717, 1.165) is 41.0 Å². The summed E-state index contributed by atoms with van der Waals surface area (Å²) in [6.07, 6.45) is 1.88. The standard InChI is InChI=1S/C20H20N2O2/c1-12-6-8-13(9-7-12)18-16-11-10-14-15(4-3-5-17(14)24-2)19(16)22-20(23)21-18/h3-9,16,18H,10-11H2,1-2H3,(H,21,23). The van der Waals surface area contributed by atoms with Gasteiger partial charge in [-0.05, 0) is 31.4 Å². The number of hydrogen-bond donors (Lipinski definition) is 1. The topological polar surface area (TPSA) is 50.7 Å². The van der Waals surface area contributed by atoms with Crippen LogP contribution in [0.5, 0.6) is 5.75 Å². The fraction of sp³-hybridized carbons (Fsp3) is 0.300. The van der Waals surface area contributed by atoms with Gasteiger partial charge >= 0.3 is 6.03 Å². The number of fused-ring (bicyclic) bond motifs is 3. The number of carbonyl (C=O) groups is 1. The van der Waals surface area contributed by atoms with Crippen LogP contribution in [-0.2, 0) is 6.42 Å². The number of carbonyl (C=O) groups excluding carboxylic acids is 1. The molecule has 2 atom stereocenters. The summed E-state index contributed by atoms with van der Waals surface area (Å²) in [5.41, 5.74) is 5.46. The van der Waals surface area contributed by atoms with Crippen LogP contribution in [0.4, 0.5) is 4.79 Å². The lowest BCUT2D eigenvalue weighted by Crippen LogP contribution is -2.43. The van der Waals surface area contributed by atoms with Gasteiger partial charge in [0, 0.05) is 17.0 Å². The Hall–Kier alpha value is -2.62. The molecule has 1 aliphatic carbocycles. The van der Waals surface area contributed by atoms with E-state index in [2.05, 4.69) is 41.5 Å². The van der Waals surface area contributed by atoms with E-state index in [1.807, 2.05) is 18.2 Å². The Labute approximate surface area is 141 Å². The molecule has 2 aliphatic rings. The molecule has 2 aromatic rings. The average molecular weight is 320 g/mol. The first kappa shape index (κ1) is 14.9. The van der Waals surface area contributed by atoms with Gasteiger partial charge in [0.25, 0.3) is 0 Å². The summed E-state index contributed by atoms with van der Waals surface area (Å²) >= 11 is 0. The van der Waals surface area contributed by atoms with E-state index in [4.69, 9.17) is 4.74 Å². The largest absolute Gasteiger partial charge is 0.496 e. The van der Waals surface area contributed by atoms with E-state index in [1.165, 1.54) is 5.56 Å². The van der Waals surface area contributed by atoms with E-state index in [9.17, 15) is 4.79 Å². The zero-order chi connectivity index (χ0) is 16.7. The van der Waals surface area contributed by atoms with Gasteiger partial charge < -0.3 is 10.1 Å². The Bertz CT molecular complexity index is 824. The second kappa shape index (κ2) is 5.78. The Kier molecular flexibility index (Phi) is 3.60. The molecule has 1 aliphatic heterocycles. The van der Waals surface area contributed by atoms with E-state index >= 15 is 0 Å².